The second-order valence-corrected chi connectivity index (χ2v) is 7.52. The first-order valence-electron chi connectivity index (χ1n) is 9.73. The van der Waals surface area contributed by atoms with Gasteiger partial charge in [0.05, 0.1) is 18.1 Å². The molecule has 3 aromatic heterocycles. The number of nitrogens with zero attached hydrogens (tertiary/aromatic N) is 4. The molecule has 0 spiro atoms. The third-order valence-corrected chi connectivity index (χ3v) is 5.72. The van der Waals surface area contributed by atoms with Crippen LogP contribution in [-0.4, -0.2) is 43.9 Å². The van der Waals surface area contributed by atoms with Crippen molar-refractivity contribution in [3.8, 4) is 11.1 Å². The average Bonchev–Trinajstić information content (AvgIpc) is 3.43. The standard InChI is InChI=1S/C19H25N7/c1-2-6-15(5-1)24-18-8-17(13-4-3-7-20-9-13)25-19-16(12-23-26(18)19)14-10-21-22-11-14/h8,10-13,15,20,24H,1-7,9H2,(H,21,22). The summed E-state index contributed by atoms with van der Waals surface area (Å²) in [7, 11) is 0. The predicted octanol–water partition coefficient (Wildman–Crippen LogP) is 2.94. The molecule has 1 saturated carbocycles. The number of anilines is 1. The summed E-state index contributed by atoms with van der Waals surface area (Å²) >= 11 is 0. The highest BCUT2D eigenvalue weighted by atomic mass is 15.3. The number of aromatic amines is 1. The molecular formula is C19H25N7. The van der Waals surface area contributed by atoms with Crippen molar-refractivity contribution in [1.82, 2.24) is 30.1 Å². The fourth-order valence-electron chi connectivity index (χ4n) is 4.28. The maximum Gasteiger partial charge on any atom is 0.165 e. The molecule has 0 bridgehead atoms. The first-order chi connectivity index (χ1) is 12.9. The second kappa shape index (κ2) is 6.72. The lowest BCUT2D eigenvalue weighted by atomic mass is 9.96. The van der Waals surface area contributed by atoms with Crippen LogP contribution >= 0.6 is 0 Å². The van der Waals surface area contributed by atoms with E-state index < -0.39 is 0 Å². The Hall–Kier alpha value is -2.41. The number of piperidine rings is 1. The quantitative estimate of drug-likeness (QED) is 0.673. The van der Waals surface area contributed by atoms with Crippen LogP contribution in [0.1, 0.15) is 50.1 Å². The van der Waals surface area contributed by atoms with E-state index in [-0.39, 0.29) is 0 Å². The molecule has 1 aliphatic heterocycles. The number of rotatable bonds is 4. The molecule has 7 heteroatoms. The molecule has 1 atom stereocenters. The molecule has 0 radical (unpaired) electrons. The van der Waals surface area contributed by atoms with Crippen LogP contribution in [0, 0.1) is 0 Å². The van der Waals surface area contributed by atoms with Crippen molar-refractivity contribution >= 4 is 11.5 Å². The van der Waals surface area contributed by atoms with Crippen molar-refractivity contribution < 1.29 is 0 Å². The van der Waals surface area contributed by atoms with E-state index in [1.807, 2.05) is 23.1 Å². The maximum absolute atomic E-state index is 5.03. The molecular weight excluding hydrogens is 326 g/mol. The van der Waals surface area contributed by atoms with Crippen molar-refractivity contribution in [1.29, 1.82) is 0 Å². The molecule has 136 valence electrons. The Bertz CT molecular complexity index is 871. The van der Waals surface area contributed by atoms with E-state index in [1.165, 1.54) is 38.5 Å². The van der Waals surface area contributed by atoms with E-state index in [0.29, 0.717) is 12.0 Å². The number of hydrogen-bond acceptors (Lipinski definition) is 5. The lowest BCUT2D eigenvalue weighted by Crippen LogP contribution is -2.29. The van der Waals surface area contributed by atoms with Gasteiger partial charge in [0.2, 0.25) is 0 Å². The van der Waals surface area contributed by atoms with Crippen LogP contribution in [-0.2, 0) is 0 Å². The Morgan fingerprint density at radius 1 is 1.12 bits per heavy atom. The normalized spacial score (nSPS) is 21.5. The summed E-state index contributed by atoms with van der Waals surface area (Å²) in [5.41, 5.74) is 4.13. The topological polar surface area (TPSA) is 82.9 Å². The third kappa shape index (κ3) is 2.86. The summed E-state index contributed by atoms with van der Waals surface area (Å²) in [6.45, 7) is 2.11. The van der Waals surface area contributed by atoms with Crippen LogP contribution in [0.3, 0.4) is 0 Å². The monoisotopic (exact) mass is 351 g/mol. The van der Waals surface area contributed by atoms with Crippen LogP contribution < -0.4 is 10.6 Å². The van der Waals surface area contributed by atoms with E-state index in [2.05, 4.69) is 32.0 Å². The minimum atomic E-state index is 0.463. The second-order valence-electron chi connectivity index (χ2n) is 7.52. The van der Waals surface area contributed by atoms with Gasteiger partial charge in [0.25, 0.3) is 0 Å². The Balaban J connectivity index is 1.60. The molecule has 1 unspecified atom stereocenters. The Morgan fingerprint density at radius 3 is 2.81 bits per heavy atom. The molecule has 1 aliphatic carbocycles. The average molecular weight is 351 g/mol. The number of aromatic nitrogens is 5. The van der Waals surface area contributed by atoms with Gasteiger partial charge >= 0.3 is 0 Å². The van der Waals surface area contributed by atoms with Gasteiger partial charge in [0.1, 0.15) is 5.82 Å². The lowest BCUT2D eigenvalue weighted by molar-refractivity contribution is 0.455. The number of H-pyrrole nitrogens is 1. The van der Waals surface area contributed by atoms with Crippen LogP contribution in [0.15, 0.2) is 24.7 Å². The summed E-state index contributed by atoms with van der Waals surface area (Å²) in [4.78, 5) is 5.03. The molecule has 0 amide bonds. The number of hydrogen-bond donors (Lipinski definition) is 3. The molecule has 3 aromatic rings. The minimum absolute atomic E-state index is 0.463. The van der Waals surface area contributed by atoms with Crippen molar-refractivity contribution in [2.24, 2.45) is 0 Å². The Labute approximate surface area is 152 Å². The highest BCUT2D eigenvalue weighted by molar-refractivity contribution is 5.77. The number of fused-ring (bicyclic) bond motifs is 1. The van der Waals surface area contributed by atoms with E-state index in [4.69, 9.17) is 4.98 Å². The minimum Gasteiger partial charge on any atom is -0.367 e. The fourth-order valence-corrected chi connectivity index (χ4v) is 4.28. The van der Waals surface area contributed by atoms with Crippen molar-refractivity contribution in [2.75, 3.05) is 18.4 Å². The molecule has 5 rings (SSSR count). The largest absolute Gasteiger partial charge is 0.367 e. The summed E-state index contributed by atoms with van der Waals surface area (Å²) < 4.78 is 1.96. The summed E-state index contributed by atoms with van der Waals surface area (Å²) in [6, 6.07) is 2.76. The third-order valence-electron chi connectivity index (χ3n) is 5.72. The summed E-state index contributed by atoms with van der Waals surface area (Å²) in [5, 5.41) is 18.9. The molecule has 2 aliphatic rings. The zero-order chi connectivity index (χ0) is 17.3. The van der Waals surface area contributed by atoms with Gasteiger partial charge in [-0.25, -0.2) is 4.98 Å². The van der Waals surface area contributed by atoms with E-state index >= 15 is 0 Å². The number of nitrogens with one attached hydrogen (secondary N) is 3. The van der Waals surface area contributed by atoms with Crippen LogP contribution in [0.25, 0.3) is 16.8 Å². The van der Waals surface area contributed by atoms with Gasteiger partial charge in [-0.3, -0.25) is 5.10 Å². The van der Waals surface area contributed by atoms with E-state index in [0.717, 1.165) is 41.4 Å². The van der Waals surface area contributed by atoms with Crippen molar-refractivity contribution in [2.45, 2.75) is 50.5 Å². The summed E-state index contributed by atoms with van der Waals surface area (Å²) in [5.74, 6) is 1.53. The van der Waals surface area contributed by atoms with Gasteiger partial charge in [-0.15, -0.1) is 0 Å². The van der Waals surface area contributed by atoms with Crippen molar-refractivity contribution in [3.63, 3.8) is 0 Å². The van der Waals surface area contributed by atoms with Gasteiger partial charge in [-0.05, 0) is 32.2 Å². The molecule has 26 heavy (non-hydrogen) atoms. The SMILES string of the molecule is c1n[nH]cc1-c1cnn2c(NC3CCCC3)cc(C3CCCNC3)nc12. The van der Waals surface area contributed by atoms with Gasteiger partial charge in [0.15, 0.2) is 5.65 Å². The highest BCUT2D eigenvalue weighted by Gasteiger charge is 2.22. The molecule has 1 saturated heterocycles. The highest BCUT2D eigenvalue weighted by Crippen LogP contribution is 2.30. The maximum atomic E-state index is 5.03. The molecule has 7 nitrogen and oxygen atoms in total. The smallest absolute Gasteiger partial charge is 0.165 e. The first-order valence-corrected chi connectivity index (χ1v) is 9.73. The molecule has 3 N–H and O–H groups in total. The van der Waals surface area contributed by atoms with Crippen LogP contribution in [0.4, 0.5) is 5.82 Å². The summed E-state index contributed by atoms with van der Waals surface area (Å²) in [6.07, 6.45) is 13.1. The van der Waals surface area contributed by atoms with Crippen LogP contribution in [0.2, 0.25) is 0 Å². The zero-order valence-corrected chi connectivity index (χ0v) is 14.9. The van der Waals surface area contributed by atoms with Crippen molar-refractivity contribution in [3.05, 3.63) is 30.4 Å². The zero-order valence-electron chi connectivity index (χ0n) is 14.9. The predicted molar refractivity (Wildman–Crippen MR) is 101 cm³/mol. The van der Waals surface area contributed by atoms with E-state index in [1.54, 1.807) is 0 Å². The van der Waals surface area contributed by atoms with Crippen LogP contribution in [0.5, 0.6) is 0 Å². The lowest BCUT2D eigenvalue weighted by Gasteiger charge is -2.23. The van der Waals surface area contributed by atoms with Gasteiger partial charge in [0, 0.05) is 41.9 Å². The van der Waals surface area contributed by atoms with Gasteiger partial charge in [-0.2, -0.15) is 14.7 Å². The van der Waals surface area contributed by atoms with Gasteiger partial charge in [-0.1, -0.05) is 12.8 Å². The first kappa shape index (κ1) is 15.8. The Morgan fingerprint density at radius 2 is 2.04 bits per heavy atom. The molecule has 4 heterocycles. The molecule has 2 fully saturated rings. The van der Waals surface area contributed by atoms with E-state index in [9.17, 15) is 0 Å². The fraction of sp³-hybridized carbons (Fsp3) is 0.526. The molecule has 0 aromatic carbocycles. The Kier molecular flexibility index (Phi) is 4.09. The van der Waals surface area contributed by atoms with Gasteiger partial charge < -0.3 is 10.6 Å².